The van der Waals surface area contributed by atoms with Gasteiger partial charge in [0.2, 0.25) is 0 Å². The number of benzene rings is 1. The second kappa shape index (κ2) is 5.74. The lowest BCUT2D eigenvalue weighted by Crippen LogP contribution is -2.26. The van der Waals surface area contributed by atoms with Gasteiger partial charge in [0.1, 0.15) is 5.75 Å². The molecule has 1 fully saturated rings. The Morgan fingerprint density at radius 1 is 1.47 bits per heavy atom. The molecule has 1 saturated carbocycles. The summed E-state index contributed by atoms with van der Waals surface area (Å²) in [6.07, 6.45) is 2.67. The third-order valence-corrected chi connectivity index (χ3v) is 3.24. The summed E-state index contributed by atoms with van der Waals surface area (Å²) in [5.74, 6) is 1.42. The molecule has 0 heterocycles. The molecule has 1 aromatic rings. The van der Waals surface area contributed by atoms with Crippen LogP contribution < -0.4 is 10.1 Å². The van der Waals surface area contributed by atoms with Crippen molar-refractivity contribution in [3.8, 4) is 5.75 Å². The van der Waals surface area contributed by atoms with Crippen LogP contribution in [0, 0.1) is 12.8 Å². The van der Waals surface area contributed by atoms with Crippen molar-refractivity contribution in [1.82, 2.24) is 5.32 Å². The lowest BCUT2D eigenvalue weighted by atomic mass is 10.2. The first-order valence-corrected chi connectivity index (χ1v) is 6.65. The first kappa shape index (κ1) is 12.7. The van der Waals surface area contributed by atoms with Gasteiger partial charge in [0.25, 0.3) is 0 Å². The van der Waals surface area contributed by atoms with Gasteiger partial charge in [-0.05, 0) is 37.5 Å². The molecule has 1 unspecified atom stereocenters. The van der Waals surface area contributed by atoms with E-state index in [0.29, 0.717) is 5.92 Å². The van der Waals surface area contributed by atoms with Gasteiger partial charge in [-0.1, -0.05) is 24.6 Å². The van der Waals surface area contributed by atoms with Gasteiger partial charge in [-0.2, -0.15) is 0 Å². The number of rotatable bonds is 6. The van der Waals surface area contributed by atoms with Crippen molar-refractivity contribution in [2.24, 2.45) is 5.92 Å². The van der Waals surface area contributed by atoms with E-state index < -0.39 is 0 Å². The SMILES string of the molecule is Cc1ccc(Cl)cc1OCC(C)CNC1CC1. The Morgan fingerprint density at radius 2 is 2.24 bits per heavy atom. The second-order valence-corrected chi connectivity index (χ2v) is 5.44. The molecular formula is C14H20ClNO. The highest BCUT2D eigenvalue weighted by Gasteiger charge is 2.20. The molecule has 94 valence electrons. The molecule has 1 atom stereocenters. The number of aryl methyl sites for hydroxylation is 1. The zero-order valence-corrected chi connectivity index (χ0v) is 11.3. The van der Waals surface area contributed by atoms with Crippen molar-refractivity contribution in [3.05, 3.63) is 28.8 Å². The molecule has 2 nitrogen and oxygen atoms in total. The molecule has 0 radical (unpaired) electrons. The molecule has 0 spiro atoms. The summed E-state index contributed by atoms with van der Waals surface area (Å²) in [6, 6.07) is 6.54. The number of halogens is 1. The maximum atomic E-state index is 5.95. The highest BCUT2D eigenvalue weighted by molar-refractivity contribution is 6.30. The zero-order chi connectivity index (χ0) is 12.3. The average Bonchev–Trinajstić information content (AvgIpc) is 3.11. The fraction of sp³-hybridized carbons (Fsp3) is 0.571. The van der Waals surface area contributed by atoms with Crippen LogP contribution in [0.1, 0.15) is 25.3 Å². The van der Waals surface area contributed by atoms with E-state index in [1.165, 1.54) is 12.8 Å². The van der Waals surface area contributed by atoms with Gasteiger partial charge in [-0.15, -0.1) is 0 Å². The average molecular weight is 254 g/mol. The predicted octanol–water partition coefficient (Wildman–Crippen LogP) is 3.42. The van der Waals surface area contributed by atoms with Crippen LogP contribution in [0.15, 0.2) is 18.2 Å². The van der Waals surface area contributed by atoms with Crippen LogP contribution in [0.25, 0.3) is 0 Å². The Balaban J connectivity index is 1.77. The van der Waals surface area contributed by atoms with Crippen LogP contribution in [0.2, 0.25) is 5.02 Å². The first-order valence-electron chi connectivity index (χ1n) is 6.27. The van der Waals surface area contributed by atoms with Gasteiger partial charge in [0.05, 0.1) is 6.61 Å². The van der Waals surface area contributed by atoms with Crippen molar-refractivity contribution in [1.29, 1.82) is 0 Å². The summed E-state index contributed by atoms with van der Waals surface area (Å²) < 4.78 is 5.81. The Labute approximate surface area is 108 Å². The molecule has 0 bridgehead atoms. The maximum absolute atomic E-state index is 5.95. The maximum Gasteiger partial charge on any atom is 0.123 e. The minimum atomic E-state index is 0.522. The van der Waals surface area contributed by atoms with E-state index in [1.807, 2.05) is 25.1 Å². The normalized spacial score (nSPS) is 16.9. The summed E-state index contributed by atoms with van der Waals surface area (Å²) >= 11 is 5.95. The zero-order valence-electron chi connectivity index (χ0n) is 10.5. The van der Waals surface area contributed by atoms with E-state index in [1.54, 1.807) is 0 Å². The minimum absolute atomic E-state index is 0.522. The Kier molecular flexibility index (Phi) is 4.30. The van der Waals surface area contributed by atoms with E-state index in [0.717, 1.165) is 35.5 Å². The summed E-state index contributed by atoms with van der Waals surface area (Å²) in [5, 5.41) is 4.24. The van der Waals surface area contributed by atoms with Gasteiger partial charge in [0.15, 0.2) is 0 Å². The Hall–Kier alpha value is -0.730. The fourth-order valence-corrected chi connectivity index (χ4v) is 1.84. The molecule has 1 aliphatic carbocycles. The quantitative estimate of drug-likeness (QED) is 0.839. The molecule has 0 saturated heterocycles. The molecule has 1 N–H and O–H groups in total. The van der Waals surface area contributed by atoms with Gasteiger partial charge in [0, 0.05) is 23.5 Å². The van der Waals surface area contributed by atoms with Crippen molar-refractivity contribution < 1.29 is 4.74 Å². The third kappa shape index (κ3) is 4.21. The van der Waals surface area contributed by atoms with Crippen molar-refractivity contribution in [2.45, 2.75) is 32.7 Å². The van der Waals surface area contributed by atoms with E-state index >= 15 is 0 Å². The minimum Gasteiger partial charge on any atom is -0.493 e. The number of ether oxygens (including phenoxy) is 1. The lowest BCUT2D eigenvalue weighted by molar-refractivity contribution is 0.254. The van der Waals surface area contributed by atoms with Crippen LogP contribution in [-0.2, 0) is 0 Å². The number of hydrogen-bond acceptors (Lipinski definition) is 2. The molecule has 0 aromatic heterocycles. The standard InChI is InChI=1S/C14H20ClNO/c1-10(8-16-13-5-6-13)9-17-14-7-12(15)4-3-11(14)2/h3-4,7,10,13,16H,5-6,8-9H2,1-2H3. The summed E-state index contributed by atoms with van der Waals surface area (Å²) in [4.78, 5) is 0. The van der Waals surface area contributed by atoms with Crippen molar-refractivity contribution in [2.75, 3.05) is 13.2 Å². The van der Waals surface area contributed by atoms with Crippen LogP contribution >= 0.6 is 11.6 Å². The molecule has 3 heteroatoms. The predicted molar refractivity (Wildman–Crippen MR) is 71.9 cm³/mol. The smallest absolute Gasteiger partial charge is 0.123 e. The summed E-state index contributed by atoms with van der Waals surface area (Å²) in [5.41, 5.74) is 1.14. The summed E-state index contributed by atoms with van der Waals surface area (Å²) in [6.45, 7) is 6.01. The molecule has 0 amide bonds. The van der Waals surface area contributed by atoms with E-state index in [-0.39, 0.29) is 0 Å². The molecule has 17 heavy (non-hydrogen) atoms. The fourth-order valence-electron chi connectivity index (χ4n) is 1.68. The van der Waals surface area contributed by atoms with Gasteiger partial charge in [-0.3, -0.25) is 0 Å². The van der Waals surface area contributed by atoms with Crippen LogP contribution in [0.5, 0.6) is 5.75 Å². The van der Waals surface area contributed by atoms with Gasteiger partial charge in [-0.25, -0.2) is 0 Å². The molecule has 1 aromatic carbocycles. The van der Waals surface area contributed by atoms with Gasteiger partial charge >= 0.3 is 0 Å². The van der Waals surface area contributed by atoms with Crippen molar-refractivity contribution >= 4 is 11.6 Å². The Bertz CT molecular complexity index is 376. The monoisotopic (exact) mass is 253 g/mol. The van der Waals surface area contributed by atoms with E-state index in [4.69, 9.17) is 16.3 Å². The topological polar surface area (TPSA) is 21.3 Å². The summed E-state index contributed by atoms with van der Waals surface area (Å²) in [7, 11) is 0. The first-order chi connectivity index (χ1) is 8.15. The number of hydrogen-bond donors (Lipinski definition) is 1. The van der Waals surface area contributed by atoms with Crippen molar-refractivity contribution in [3.63, 3.8) is 0 Å². The van der Waals surface area contributed by atoms with Crippen LogP contribution in [-0.4, -0.2) is 19.2 Å². The molecule has 1 aliphatic rings. The molecule has 0 aliphatic heterocycles. The van der Waals surface area contributed by atoms with Crippen LogP contribution in [0.4, 0.5) is 0 Å². The van der Waals surface area contributed by atoms with Gasteiger partial charge < -0.3 is 10.1 Å². The molecule has 2 rings (SSSR count). The highest BCUT2D eigenvalue weighted by Crippen LogP contribution is 2.23. The highest BCUT2D eigenvalue weighted by atomic mass is 35.5. The Morgan fingerprint density at radius 3 is 2.94 bits per heavy atom. The van der Waals surface area contributed by atoms with Crippen LogP contribution in [0.3, 0.4) is 0 Å². The molecular weight excluding hydrogens is 234 g/mol. The third-order valence-electron chi connectivity index (χ3n) is 3.01. The largest absolute Gasteiger partial charge is 0.493 e. The van der Waals surface area contributed by atoms with E-state index in [9.17, 15) is 0 Å². The lowest BCUT2D eigenvalue weighted by Gasteiger charge is -2.15. The second-order valence-electron chi connectivity index (χ2n) is 5.01. The van der Waals surface area contributed by atoms with E-state index in [2.05, 4.69) is 12.2 Å². The number of nitrogens with one attached hydrogen (secondary N) is 1.